The number of morpholine rings is 1. The number of halogens is 3. The summed E-state index contributed by atoms with van der Waals surface area (Å²) in [5, 5.41) is 0.509. The van der Waals surface area contributed by atoms with Crippen LogP contribution in [0.1, 0.15) is 15.9 Å². The summed E-state index contributed by atoms with van der Waals surface area (Å²) in [7, 11) is 0. The number of carbonyl (C=O) groups excluding carboxylic acids is 1. The zero-order chi connectivity index (χ0) is 23.3. The Balaban J connectivity index is 1.59. The van der Waals surface area contributed by atoms with Crippen LogP contribution < -0.4 is 11.3 Å². The SMILES string of the molecule is Nc1c(-c2nc3cc(C(F)(F)F)ccc3[nH]c2=O)[nH]c2ccc(C(=O)N3CCOCC3)cc12. The number of hydrogen-bond acceptors (Lipinski definition) is 5. The molecule has 0 bridgehead atoms. The van der Waals surface area contributed by atoms with Crippen LogP contribution >= 0.6 is 0 Å². The average molecular weight is 457 g/mol. The van der Waals surface area contributed by atoms with Gasteiger partial charge in [0.1, 0.15) is 0 Å². The largest absolute Gasteiger partial charge is 0.416 e. The third kappa shape index (κ3) is 3.69. The van der Waals surface area contributed by atoms with Gasteiger partial charge in [-0.1, -0.05) is 0 Å². The Hall–Kier alpha value is -3.86. The monoisotopic (exact) mass is 457 g/mol. The number of nitrogens with two attached hydrogens (primary N) is 1. The van der Waals surface area contributed by atoms with E-state index in [4.69, 9.17) is 10.5 Å². The molecule has 1 fully saturated rings. The molecule has 0 saturated carbocycles. The number of fused-ring (bicyclic) bond motifs is 2. The molecule has 2 aromatic carbocycles. The quantitative estimate of drug-likeness (QED) is 0.428. The number of rotatable bonds is 2. The molecule has 0 unspecified atom stereocenters. The average Bonchev–Trinajstić information content (AvgIpc) is 3.13. The summed E-state index contributed by atoms with van der Waals surface area (Å²) < 4.78 is 44.6. The molecule has 4 aromatic rings. The number of aromatic nitrogens is 3. The normalized spacial score (nSPS) is 14.8. The zero-order valence-electron chi connectivity index (χ0n) is 17.1. The van der Waals surface area contributed by atoms with E-state index in [9.17, 15) is 22.8 Å². The van der Waals surface area contributed by atoms with E-state index in [-0.39, 0.29) is 34.0 Å². The lowest BCUT2D eigenvalue weighted by atomic mass is 10.1. The summed E-state index contributed by atoms with van der Waals surface area (Å²) >= 11 is 0. The highest BCUT2D eigenvalue weighted by atomic mass is 19.4. The molecule has 0 spiro atoms. The first kappa shape index (κ1) is 21.0. The Morgan fingerprint density at radius 3 is 2.52 bits per heavy atom. The van der Waals surface area contributed by atoms with Crippen LogP contribution in [0.25, 0.3) is 33.3 Å². The molecule has 1 aliphatic rings. The van der Waals surface area contributed by atoms with Crippen molar-refractivity contribution in [1.82, 2.24) is 19.9 Å². The van der Waals surface area contributed by atoms with Gasteiger partial charge in [0.25, 0.3) is 11.5 Å². The number of H-pyrrole nitrogens is 2. The number of ether oxygens (including phenoxy) is 1. The number of nitrogens with zero attached hydrogens (tertiary/aromatic N) is 2. The van der Waals surface area contributed by atoms with Crippen LogP contribution in [-0.4, -0.2) is 52.1 Å². The van der Waals surface area contributed by atoms with E-state index in [1.54, 1.807) is 23.1 Å². The van der Waals surface area contributed by atoms with Crippen LogP contribution in [0.5, 0.6) is 0 Å². The Kier molecular flexibility index (Phi) is 4.85. The Bertz CT molecular complexity index is 1450. The third-order valence-corrected chi connectivity index (χ3v) is 5.64. The highest BCUT2D eigenvalue weighted by Crippen LogP contribution is 2.33. The van der Waals surface area contributed by atoms with Crippen LogP contribution in [0.4, 0.5) is 18.9 Å². The number of benzene rings is 2. The highest BCUT2D eigenvalue weighted by Gasteiger charge is 2.31. The summed E-state index contributed by atoms with van der Waals surface area (Å²) in [4.78, 5) is 36.8. The molecule has 33 heavy (non-hydrogen) atoms. The molecule has 1 amide bonds. The Morgan fingerprint density at radius 2 is 1.79 bits per heavy atom. The molecule has 2 aromatic heterocycles. The van der Waals surface area contributed by atoms with Crippen molar-refractivity contribution in [1.29, 1.82) is 0 Å². The molecule has 11 heteroatoms. The second kappa shape index (κ2) is 7.62. The molecular formula is C22H18F3N5O3. The van der Waals surface area contributed by atoms with Crippen LogP contribution in [-0.2, 0) is 10.9 Å². The fourth-order valence-electron chi connectivity index (χ4n) is 3.91. The summed E-state index contributed by atoms with van der Waals surface area (Å²) in [6.45, 7) is 1.91. The van der Waals surface area contributed by atoms with Crippen molar-refractivity contribution in [2.45, 2.75) is 6.18 Å². The molecule has 0 radical (unpaired) electrons. The highest BCUT2D eigenvalue weighted by molar-refractivity contribution is 6.04. The van der Waals surface area contributed by atoms with Gasteiger partial charge in [-0.15, -0.1) is 0 Å². The molecule has 0 atom stereocenters. The number of amides is 1. The number of hydrogen-bond donors (Lipinski definition) is 3. The zero-order valence-corrected chi connectivity index (χ0v) is 17.1. The maximum atomic E-state index is 13.1. The van der Waals surface area contributed by atoms with Gasteiger partial charge in [-0.3, -0.25) is 9.59 Å². The number of carbonyl (C=O) groups is 1. The van der Waals surface area contributed by atoms with Crippen molar-refractivity contribution in [3.63, 3.8) is 0 Å². The smallest absolute Gasteiger partial charge is 0.396 e. The van der Waals surface area contributed by atoms with Crippen molar-refractivity contribution < 1.29 is 22.7 Å². The van der Waals surface area contributed by atoms with E-state index in [0.29, 0.717) is 42.8 Å². The maximum absolute atomic E-state index is 13.1. The first-order valence-electron chi connectivity index (χ1n) is 10.1. The van der Waals surface area contributed by atoms with Crippen molar-refractivity contribution >= 4 is 33.5 Å². The number of aromatic amines is 2. The number of nitrogens with one attached hydrogen (secondary N) is 2. The van der Waals surface area contributed by atoms with E-state index in [2.05, 4.69) is 15.0 Å². The van der Waals surface area contributed by atoms with Gasteiger partial charge < -0.3 is 25.3 Å². The van der Waals surface area contributed by atoms with Gasteiger partial charge in [-0.2, -0.15) is 13.2 Å². The van der Waals surface area contributed by atoms with Crippen molar-refractivity contribution in [2.24, 2.45) is 0 Å². The topological polar surface area (TPSA) is 117 Å². The summed E-state index contributed by atoms with van der Waals surface area (Å²) in [5.74, 6) is -0.163. The number of alkyl halides is 3. The van der Waals surface area contributed by atoms with Gasteiger partial charge in [0.15, 0.2) is 5.69 Å². The predicted octanol–water partition coefficient (Wildman–Crippen LogP) is 3.14. The first-order valence-corrected chi connectivity index (χ1v) is 10.1. The van der Waals surface area contributed by atoms with Crippen molar-refractivity contribution in [3.05, 3.63) is 57.9 Å². The Labute approximate surface area is 184 Å². The van der Waals surface area contributed by atoms with Crippen LogP contribution in [0.2, 0.25) is 0 Å². The molecule has 5 rings (SSSR count). The number of anilines is 1. The predicted molar refractivity (Wildman–Crippen MR) is 116 cm³/mol. The molecule has 1 saturated heterocycles. The number of nitrogen functional groups attached to an aromatic ring is 1. The molecule has 3 heterocycles. The summed E-state index contributed by atoms with van der Waals surface area (Å²) in [6.07, 6.45) is -4.55. The second-order valence-electron chi connectivity index (χ2n) is 7.72. The molecule has 8 nitrogen and oxygen atoms in total. The molecule has 1 aliphatic heterocycles. The van der Waals surface area contributed by atoms with Crippen LogP contribution in [0.3, 0.4) is 0 Å². The minimum Gasteiger partial charge on any atom is -0.396 e. The minimum atomic E-state index is -4.55. The van der Waals surface area contributed by atoms with E-state index in [1.165, 1.54) is 0 Å². The second-order valence-corrected chi connectivity index (χ2v) is 7.72. The van der Waals surface area contributed by atoms with Gasteiger partial charge >= 0.3 is 6.18 Å². The van der Waals surface area contributed by atoms with E-state index >= 15 is 0 Å². The van der Waals surface area contributed by atoms with Crippen LogP contribution in [0.15, 0.2) is 41.2 Å². The Morgan fingerprint density at radius 1 is 1.06 bits per heavy atom. The molecule has 170 valence electrons. The van der Waals surface area contributed by atoms with E-state index < -0.39 is 17.3 Å². The van der Waals surface area contributed by atoms with E-state index in [1.807, 2.05) is 0 Å². The summed E-state index contributed by atoms with van der Waals surface area (Å²) in [6, 6.07) is 7.85. The standard InChI is InChI=1S/C22H18F3N5O3/c23-22(24,25)12-2-4-15-16(10-12)28-19(20(31)29-15)18-17(26)13-9-11(1-3-14(13)27-18)21(32)30-5-7-33-8-6-30/h1-4,9-10,27H,5-8,26H2,(H,29,31). The van der Waals surface area contributed by atoms with Gasteiger partial charge in [0, 0.05) is 29.6 Å². The molecule has 4 N–H and O–H groups in total. The fraction of sp³-hybridized carbons (Fsp3) is 0.227. The van der Waals surface area contributed by atoms with Gasteiger partial charge in [-0.05, 0) is 36.4 Å². The fourth-order valence-corrected chi connectivity index (χ4v) is 3.91. The van der Waals surface area contributed by atoms with Gasteiger partial charge in [0.05, 0.1) is 41.2 Å². The van der Waals surface area contributed by atoms with Crippen molar-refractivity contribution in [2.75, 3.05) is 32.0 Å². The van der Waals surface area contributed by atoms with E-state index in [0.717, 1.165) is 18.2 Å². The van der Waals surface area contributed by atoms with Gasteiger partial charge in [0.2, 0.25) is 0 Å². The lowest BCUT2D eigenvalue weighted by Crippen LogP contribution is -2.40. The third-order valence-electron chi connectivity index (χ3n) is 5.64. The van der Waals surface area contributed by atoms with Crippen molar-refractivity contribution in [3.8, 4) is 11.4 Å². The lowest BCUT2D eigenvalue weighted by Gasteiger charge is -2.26. The molecule has 0 aliphatic carbocycles. The maximum Gasteiger partial charge on any atom is 0.416 e. The minimum absolute atomic E-state index is 0.0272. The summed E-state index contributed by atoms with van der Waals surface area (Å²) in [5.41, 5.74) is 6.13. The first-order chi connectivity index (χ1) is 15.7. The van der Waals surface area contributed by atoms with Crippen LogP contribution in [0, 0.1) is 0 Å². The van der Waals surface area contributed by atoms with Gasteiger partial charge in [-0.25, -0.2) is 4.98 Å². The molecular weight excluding hydrogens is 439 g/mol. The lowest BCUT2D eigenvalue weighted by molar-refractivity contribution is -0.137.